The van der Waals surface area contributed by atoms with Crippen molar-refractivity contribution < 1.29 is 24.1 Å². The SMILES string of the molecule is CCOc1cc(/C=N\Nc2ccc([N+](=O)[O-])cc2[N+](=O)[O-])ccc1OC(C)=O. The van der Waals surface area contributed by atoms with Gasteiger partial charge in [-0.25, -0.2) is 0 Å². The van der Waals surface area contributed by atoms with E-state index >= 15 is 0 Å². The van der Waals surface area contributed by atoms with Gasteiger partial charge in [0.05, 0.1) is 28.7 Å². The number of anilines is 1. The van der Waals surface area contributed by atoms with E-state index in [2.05, 4.69) is 10.5 Å². The minimum Gasteiger partial charge on any atom is -0.490 e. The second kappa shape index (κ2) is 9.07. The number of nitrogens with one attached hydrogen (secondary N) is 1. The average molecular weight is 388 g/mol. The fourth-order valence-corrected chi connectivity index (χ4v) is 2.17. The fraction of sp³-hybridized carbons (Fsp3) is 0.176. The Morgan fingerprint density at radius 2 is 1.89 bits per heavy atom. The molecule has 146 valence electrons. The van der Waals surface area contributed by atoms with E-state index in [0.29, 0.717) is 17.9 Å². The molecule has 0 saturated carbocycles. The van der Waals surface area contributed by atoms with E-state index in [1.165, 1.54) is 25.3 Å². The molecule has 0 aliphatic heterocycles. The van der Waals surface area contributed by atoms with E-state index in [9.17, 15) is 25.0 Å². The van der Waals surface area contributed by atoms with Crippen LogP contribution in [0.4, 0.5) is 17.1 Å². The predicted molar refractivity (Wildman–Crippen MR) is 99.9 cm³/mol. The molecule has 2 aromatic carbocycles. The zero-order valence-corrected chi connectivity index (χ0v) is 14.9. The molecule has 2 rings (SSSR count). The highest BCUT2D eigenvalue weighted by Gasteiger charge is 2.19. The van der Waals surface area contributed by atoms with Crippen molar-refractivity contribution in [2.75, 3.05) is 12.0 Å². The van der Waals surface area contributed by atoms with Crippen LogP contribution in [0.2, 0.25) is 0 Å². The number of benzene rings is 2. The second-order valence-corrected chi connectivity index (χ2v) is 5.32. The number of nitrogens with zero attached hydrogens (tertiary/aromatic N) is 3. The highest BCUT2D eigenvalue weighted by Crippen LogP contribution is 2.30. The van der Waals surface area contributed by atoms with E-state index in [1.807, 2.05) is 0 Å². The monoisotopic (exact) mass is 388 g/mol. The van der Waals surface area contributed by atoms with Gasteiger partial charge < -0.3 is 9.47 Å². The van der Waals surface area contributed by atoms with Crippen molar-refractivity contribution >= 4 is 29.2 Å². The van der Waals surface area contributed by atoms with E-state index in [1.54, 1.807) is 19.1 Å². The van der Waals surface area contributed by atoms with Crippen LogP contribution in [0.15, 0.2) is 41.5 Å². The van der Waals surface area contributed by atoms with Crippen LogP contribution in [0.1, 0.15) is 19.4 Å². The van der Waals surface area contributed by atoms with Crippen LogP contribution in [0.5, 0.6) is 11.5 Å². The Balaban J connectivity index is 2.22. The van der Waals surface area contributed by atoms with Gasteiger partial charge in [0.1, 0.15) is 5.69 Å². The third kappa shape index (κ3) is 5.24. The fourth-order valence-electron chi connectivity index (χ4n) is 2.17. The van der Waals surface area contributed by atoms with Crippen LogP contribution in [-0.2, 0) is 4.79 Å². The van der Waals surface area contributed by atoms with Crippen LogP contribution in [-0.4, -0.2) is 28.6 Å². The number of hydrogen-bond acceptors (Lipinski definition) is 9. The number of non-ortho nitro benzene ring substituents is 1. The lowest BCUT2D eigenvalue weighted by molar-refractivity contribution is -0.393. The number of hydrogen-bond donors (Lipinski definition) is 1. The van der Waals surface area contributed by atoms with Gasteiger partial charge in [0, 0.05) is 13.0 Å². The van der Waals surface area contributed by atoms with E-state index in [4.69, 9.17) is 9.47 Å². The lowest BCUT2D eigenvalue weighted by atomic mass is 10.2. The van der Waals surface area contributed by atoms with Crippen LogP contribution < -0.4 is 14.9 Å². The van der Waals surface area contributed by atoms with Crippen molar-refractivity contribution in [3.63, 3.8) is 0 Å². The molecule has 0 atom stereocenters. The summed E-state index contributed by atoms with van der Waals surface area (Å²) in [5.41, 5.74) is 2.17. The molecular weight excluding hydrogens is 372 g/mol. The van der Waals surface area contributed by atoms with Crippen LogP contribution in [0.3, 0.4) is 0 Å². The molecule has 0 heterocycles. The smallest absolute Gasteiger partial charge is 0.308 e. The molecule has 0 bridgehead atoms. The van der Waals surface area contributed by atoms with Gasteiger partial charge in [-0.15, -0.1) is 0 Å². The molecule has 0 aromatic heterocycles. The summed E-state index contributed by atoms with van der Waals surface area (Å²) in [6.07, 6.45) is 1.37. The lowest BCUT2D eigenvalue weighted by Gasteiger charge is -2.10. The minimum absolute atomic E-state index is 0.00610. The molecule has 0 fully saturated rings. The summed E-state index contributed by atoms with van der Waals surface area (Å²) in [6.45, 7) is 3.39. The summed E-state index contributed by atoms with van der Waals surface area (Å²) in [4.78, 5) is 31.5. The minimum atomic E-state index is -0.744. The van der Waals surface area contributed by atoms with E-state index in [-0.39, 0.29) is 11.4 Å². The number of nitro benzene ring substituents is 2. The third-order valence-electron chi connectivity index (χ3n) is 3.31. The number of hydrazone groups is 1. The van der Waals surface area contributed by atoms with Crippen molar-refractivity contribution in [2.45, 2.75) is 13.8 Å². The molecule has 0 radical (unpaired) electrons. The zero-order chi connectivity index (χ0) is 20.7. The quantitative estimate of drug-likeness (QED) is 0.238. The Bertz CT molecular complexity index is 943. The van der Waals surface area contributed by atoms with Crippen molar-refractivity contribution in [1.82, 2.24) is 0 Å². The Hall–Kier alpha value is -4.02. The highest BCUT2D eigenvalue weighted by atomic mass is 16.6. The van der Waals surface area contributed by atoms with Gasteiger partial charge in [-0.1, -0.05) is 0 Å². The van der Waals surface area contributed by atoms with E-state index < -0.39 is 27.2 Å². The molecule has 0 aliphatic rings. The van der Waals surface area contributed by atoms with Gasteiger partial charge in [0.25, 0.3) is 5.69 Å². The molecule has 0 spiro atoms. The normalized spacial score (nSPS) is 10.5. The summed E-state index contributed by atoms with van der Waals surface area (Å²) in [7, 11) is 0. The number of ether oxygens (including phenoxy) is 2. The number of nitro groups is 2. The van der Waals surface area contributed by atoms with Crippen molar-refractivity contribution in [2.24, 2.45) is 5.10 Å². The lowest BCUT2D eigenvalue weighted by Crippen LogP contribution is -2.04. The van der Waals surface area contributed by atoms with Crippen LogP contribution in [0.25, 0.3) is 0 Å². The molecular formula is C17H16N4O7. The Morgan fingerprint density at radius 3 is 2.50 bits per heavy atom. The molecule has 0 unspecified atom stereocenters. The molecule has 2 aromatic rings. The summed E-state index contributed by atoms with van der Waals surface area (Å²) in [6, 6.07) is 7.89. The Labute approximate surface area is 158 Å². The first kappa shape index (κ1) is 20.3. The maximum atomic E-state index is 11.1. The van der Waals surface area contributed by atoms with Gasteiger partial charge >= 0.3 is 11.7 Å². The number of rotatable bonds is 8. The Morgan fingerprint density at radius 1 is 1.14 bits per heavy atom. The van der Waals surface area contributed by atoms with Crippen molar-refractivity contribution in [3.8, 4) is 11.5 Å². The molecule has 11 nitrogen and oxygen atoms in total. The summed E-state index contributed by atoms with van der Waals surface area (Å²) in [5, 5.41) is 25.8. The van der Waals surface area contributed by atoms with Gasteiger partial charge in [-0.2, -0.15) is 5.10 Å². The predicted octanol–water partition coefficient (Wildman–Crippen LogP) is 3.27. The second-order valence-electron chi connectivity index (χ2n) is 5.32. The standard InChI is InChI=1S/C17H16N4O7/c1-3-27-17-8-12(4-7-16(17)28-11(2)22)10-18-19-14-6-5-13(20(23)24)9-15(14)21(25)26/h4-10,19H,3H2,1-2H3/b18-10-. The maximum Gasteiger partial charge on any atom is 0.308 e. The highest BCUT2D eigenvalue weighted by molar-refractivity contribution is 5.82. The topological polar surface area (TPSA) is 146 Å². The van der Waals surface area contributed by atoms with Gasteiger partial charge in [0.2, 0.25) is 0 Å². The van der Waals surface area contributed by atoms with Gasteiger partial charge in [0.15, 0.2) is 11.5 Å². The third-order valence-corrected chi connectivity index (χ3v) is 3.31. The maximum absolute atomic E-state index is 11.1. The van der Waals surface area contributed by atoms with Gasteiger partial charge in [-0.05, 0) is 36.8 Å². The number of esters is 1. The summed E-state index contributed by atoms with van der Waals surface area (Å²) < 4.78 is 10.5. The molecule has 0 saturated heterocycles. The van der Waals surface area contributed by atoms with Crippen molar-refractivity contribution in [3.05, 3.63) is 62.2 Å². The van der Waals surface area contributed by atoms with E-state index in [0.717, 1.165) is 12.1 Å². The Kier molecular flexibility index (Phi) is 6.58. The molecule has 28 heavy (non-hydrogen) atoms. The molecule has 0 amide bonds. The first-order valence-corrected chi connectivity index (χ1v) is 7.99. The van der Waals surface area contributed by atoms with Crippen LogP contribution in [0, 0.1) is 20.2 Å². The largest absolute Gasteiger partial charge is 0.490 e. The summed E-state index contributed by atoms with van der Waals surface area (Å²) in [5.74, 6) is 0.1000. The van der Waals surface area contributed by atoms with Crippen molar-refractivity contribution in [1.29, 1.82) is 0 Å². The number of carbonyl (C=O) groups excluding carboxylic acids is 1. The molecule has 1 N–H and O–H groups in total. The van der Waals surface area contributed by atoms with Gasteiger partial charge in [-0.3, -0.25) is 30.4 Å². The first-order valence-electron chi connectivity index (χ1n) is 7.99. The zero-order valence-electron chi connectivity index (χ0n) is 14.9. The number of carbonyl (C=O) groups is 1. The molecule has 11 heteroatoms. The summed E-state index contributed by atoms with van der Waals surface area (Å²) >= 11 is 0. The van der Waals surface area contributed by atoms with Crippen LogP contribution >= 0.6 is 0 Å². The first-order chi connectivity index (χ1) is 13.3. The average Bonchev–Trinajstić information content (AvgIpc) is 2.63. The molecule has 0 aliphatic carbocycles.